The fourth-order valence-electron chi connectivity index (χ4n) is 5.16. The van der Waals surface area contributed by atoms with Crippen LogP contribution in [0.15, 0.2) is 60.8 Å². The molecule has 0 N–H and O–H groups in total. The molecule has 0 spiro atoms. The predicted octanol–water partition coefficient (Wildman–Crippen LogP) is 8.52. The number of carboxylic acid groups (broad SMARTS) is 1. The number of likely N-dealkylation sites (N-methyl/N-ethyl adjacent to an activating group) is 1. The largest absolute Gasteiger partial charge is 0.544 e. The third-order valence-corrected chi connectivity index (χ3v) is 8.23. The lowest BCUT2D eigenvalue weighted by Crippen LogP contribution is -2.55. The van der Waals surface area contributed by atoms with Gasteiger partial charge in [0.25, 0.3) is 0 Å². The van der Waals surface area contributed by atoms with E-state index < -0.39 is 18.1 Å². The molecule has 286 valence electrons. The standard InChI is InChI=1S/C42H71NO7/c1-6-8-10-12-14-16-18-19-20-21-23-25-27-29-31-33-41(45)50-38(36-48-35-34-39(42(46)47)43(3,4)5)37-49-40(44)32-30-28-26-24-22-17-15-13-11-9-7-2/h8,10,12-18,22,38-39H,6-7,9,11,19-21,23-37H2,1-5H3/b10-8+,14-12+,15-13+,18-16+,22-17+. The van der Waals surface area contributed by atoms with E-state index in [0.717, 1.165) is 70.6 Å². The Morgan fingerprint density at radius 2 is 1.12 bits per heavy atom. The summed E-state index contributed by atoms with van der Waals surface area (Å²) in [4.78, 5) is 36.6. The van der Waals surface area contributed by atoms with Gasteiger partial charge in [0, 0.05) is 19.3 Å². The first-order chi connectivity index (χ1) is 24.1. The van der Waals surface area contributed by atoms with Crippen LogP contribution in [0.2, 0.25) is 0 Å². The first kappa shape index (κ1) is 47.0. The second-order valence-electron chi connectivity index (χ2n) is 13.9. The van der Waals surface area contributed by atoms with Gasteiger partial charge in [-0.25, -0.2) is 0 Å². The third kappa shape index (κ3) is 31.0. The van der Waals surface area contributed by atoms with Crippen LogP contribution in [0.3, 0.4) is 0 Å². The van der Waals surface area contributed by atoms with Crippen molar-refractivity contribution in [2.45, 2.75) is 148 Å². The molecule has 8 heteroatoms. The lowest BCUT2D eigenvalue weighted by atomic mass is 10.1. The first-order valence-corrected chi connectivity index (χ1v) is 19.4. The number of carbonyl (C=O) groups is 3. The Morgan fingerprint density at radius 1 is 0.620 bits per heavy atom. The maximum atomic E-state index is 12.6. The quantitative estimate of drug-likeness (QED) is 0.0293. The van der Waals surface area contributed by atoms with Crippen molar-refractivity contribution in [1.29, 1.82) is 0 Å². The molecule has 0 heterocycles. The van der Waals surface area contributed by atoms with Gasteiger partial charge in [-0.05, 0) is 51.4 Å². The van der Waals surface area contributed by atoms with Crippen LogP contribution < -0.4 is 5.11 Å². The topological polar surface area (TPSA) is 102 Å². The minimum atomic E-state index is -1.13. The van der Waals surface area contributed by atoms with Crippen LogP contribution in [-0.4, -0.2) is 75.5 Å². The third-order valence-electron chi connectivity index (χ3n) is 8.23. The zero-order chi connectivity index (χ0) is 37.1. The molecule has 0 aliphatic heterocycles. The van der Waals surface area contributed by atoms with Gasteiger partial charge in [-0.2, -0.15) is 0 Å². The van der Waals surface area contributed by atoms with Crippen LogP contribution in [0.1, 0.15) is 136 Å². The Balaban J connectivity index is 4.48. The van der Waals surface area contributed by atoms with Gasteiger partial charge in [0.2, 0.25) is 0 Å². The lowest BCUT2D eigenvalue weighted by molar-refractivity contribution is -0.889. The number of hydrogen-bond acceptors (Lipinski definition) is 7. The minimum absolute atomic E-state index is 0.0243. The summed E-state index contributed by atoms with van der Waals surface area (Å²) < 4.78 is 17.0. The number of unbranched alkanes of at least 4 members (excludes halogenated alkanes) is 12. The molecule has 0 radical (unpaired) electrons. The average Bonchev–Trinajstić information content (AvgIpc) is 3.06. The summed E-state index contributed by atoms with van der Waals surface area (Å²) >= 11 is 0. The summed E-state index contributed by atoms with van der Waals surface area (Å²) in [6.45, 7) is 4.41. The van der Waals surface area contributed by atoms with E-state index in [4.69, 9.17) is 14.2 Å². The molecule has 50 heavy (non-hydrogen) atoms. The fourth-order valence-corrected chi connectivity index (χ4v) is 5.16. The van der Waals surface area contributed by atoms with Crippen molar-refractivity contribution < 1.29 is 38.2 Å². The predicted molar refractivity (Wildman–Crippen MR) is 203 cm³/mol. The van der Waals surface area contributed by atoms with Crippen molar-refractivity contribution in [2.75, 3.05) is 41.0 Å². The number of carbonyl (C=O) groups excluding carboxylic acids is 3. The highest BCUT2D eigenvalue weighted by Crippen LogP contribution is 2.12. The van der Waals surface area contributed by atoms with Gasteiger partial charge in [0.15, 0.2) is 6.10 Å². The molecule has 0 amide bonds. The Kier molecular flexibility index (Phi) is 31.2. The number of quaternary nitrogens is 1. The second kappa shape index (κ2) is 33.2. The highest BCUT2D eigenvalue weighted by Gasteiger charge is 2.25. The van der Waals surface area contributed by atoms with Crippen molar-refractivity contribution in [3.05, 3.63) is 60.8 Å². The number of esters is 2. The smallest absolute Gasteiger partial charge is 0.306 e. The monoisotopic (exact) mass is 702 g/mol. The second-order valence-corrected chi connectivity index (χ2v) is 13.9. The highest BCUT2D eigenvalue weighted by atomic mass is 16.6. The highest BCUT2D eigenvalue weighted by molar-refractivity contribution is 5.70. The van der Waals surface area contributed by atoms with Crippen LogP contribution in [0.5, 0.6) is 0 Å². The zero-order valence-corrected chi connectivity index (χ0v) is 32.3. The van der Waals surface area contributed by atoms with Gasteiger partial charge < -0.3 is 28.6 Å². The average molecular weight is 702 g/mol. The molecule has 8 nitrogen and oxygen atoms in total. The molecular formula is C42H71NO7. The maximum absolute atomic E-state index is 12.6. The summed E-state index contributed by atoms with van der Waals surface area (Å²) in [6, 6.07) is -0.733. The number of nitrogens with zero attached hydrogens (tertiary/aromatic N) is 1. The van der Waals surface area contributed by atoms with Crippen LogP contribution >= 0.6 is 0 Å². The number of ether oxygens (including phenoxy) is 3. The number of hydrogen-bond donors (Lipinski definition) is 0. The minimum Gasteiger partial charge on any atom is -0.544 e. The molecule has 0 aliphatic rings. The van der Waals surface area contributed by atoms with E-state index in [2.05, 4.69) is 74.6 Å². The van der Waals surface area contributed by atoms with E-state index in [9.17, 15) is 19.5 Å². The van der Waals surface area contributed by atoms with Crippen LogP contribution in [0.25, 0.3) is 0 Å². The lowest BCUT2D eigenvalue weighted by Gasteiger charge is -2.34. The van der Waals surface area contributed by atoms with Gasteiger partial charge >= 0.3 is 11.9 Å². The van der Waals surface area contributed by atoms with Crippen molar-refractivity contribution in [2.24, 2.45) is 0 Å². The van der Waals surface area contributed by atoms with Gasteiger partial charge in [-0.15, -0.1) is 0 Å². The molecule has 0 aliphatic carbocycles. The summed E-state index contributed by atoms with van der Waals surface area (Å²) in [5.41, 5.74) is 0. The molecule has 0 rings (SSSR count). The fraction of sp³-hybridized carbons (Fsp3) is 0.690. The Hall–Kier alpha value is -2.97. The zero-order valence-electron chi connectivity index (χ0n) is 32.3. The van der Waals surface area contributed by atoms with E-state index in [-0.39, 0.29) is 42.7 Å². The number of aliphatic carboxylic acids is 1. The van der Waals surface area contributed by atoms with Gasteiger partial charge in [0.1, 0.15) is 12.6 Å². The number of rotatable bonds is 33. The van der Waals surface area contributed by atoms with E-state index in [0.29, 0.717) is 12.8 Å². The summed E-state index contributed by atoms with van der Waals surface area (Å²) in [7, 11) is 5.38. The Bertz CT molecular complexity index is 1010. The molecule has 0 aromatic carbocycles. The van der Waals surface area contributed by atoms with Gasteiger partial charge in [-0.3, -0.25) is 9.59 Å². The van der Waals surface area contributed by atoms with Crippen molar-refractivity contribution in [3.63, 3.8) is 0 Å². The number of allylic oxidation sites excluding steroid dienone is 10. The Morgan fingerprint density at radius 3 is 1.68 bits per heavy atom. The Labute approximate surface area is 305 Å². The van der Waals surface area contributed by atoms with E-state index in [1.807, 2.05) is 0 Å². The molecule has 0 saturated carbocycles. The van der Waals surface area contributed by atoms with Crippen molar-refractivity contribution in [1.82, 2.24) is 0 Å². The van der Waals surface area contributed by atoms with E-state index in [1.165, 1.54) is 32.1 Å². The van der Waals surface area contributed by atoms with Crippen LogP contribution in [-0.2, 0) is 28.6 Å². The van der Waals surface area contributed by atoms with Crippen molar-refractivity contribution >= 4 is 17.9 Å². The SMILES string of the molecule is CC/C=C/C=C/C=C/CCCCCCCCCC(=O)OC(COCCC(C(=O)[O-])[N+](C)(C)C)COC(=O)CCCCC/C=C/C=C/CCCC. The summed E-state index contributed by atoms with van der Waals surface area (Å²) in [5.74, 6) is -1.80. The molecule has 2 unspecified atom stereocenters. The van der Waals surface area contributed by atoms with Crippen LogP contribution in [0, 0.1) is 0 Å². The summed E-state index contributed by atoms with van der Waals surface area (Å²) in [6.07, 6.45) is 38.2. The molecule has 0 aromatic heterocycles. The van der Waals surface area contributed by atoms with Gasteiger partial charge in [-0.1, -0.05) is 126 Å². The molecular weight excluding hydrogens is 630 g/mol. The molecule has 0 saturated heterocycles. The molecule has 0 fully saturated rings. The first-order valence-electron chi connectivity index (χ1n) is 19.4. The number of carboxylic acids is 1. The normalized spacial score (nSPS) is 13.7. The molecule has 0 bridgehead atoms. The van der Waals surface area contributed by atoms with E-state index >= 15 is 0 Å². The maximum Gasteiger partial charge on any atom is 0.306 e. The van der Waals surface area contributed by atoms with Crippen molar-refractivity contribution in [3.8, 4) is 0 Å². The molecule has 2 atom stereocenters. The summed E-state index contributed by atoms with van der Waals surface area (Å²) in [5, 5.41) is 11.6. The van der Waals surface area contributed by atoms with E-state index in [1.54, 1.807) is 21.1 Å². The van der Waals surface area contributed by atoms with Gasteiger partial charge in [0.05, 0.1) is 40.3 Å². The van der Waals surface area contributed by atoms with Crippen LogP contribution in [0.4, 0.5) is 0 Å². The molecule has 0 aromatic rings.